The van der Waals surface area contributed by atoms with Gasteiger partial charge >= 0.3 is 0 Å². The molecule has 0 amide bonds. The van der Waals surface area contributed by atoms with Crippen LogP contribution in [0, 0.1) is 5.82 Å². The van der Waals surface area contributed by atoms with E-state index >= 15 is 0 Å². The van der Waals surface area contributed by atoms with Crippen LogP contribution in [0.1, 0.15) is 30.0 Å². The van der Waals surface area contributed by atoms with Crippen LogP contribution >= 0.6 is 12.2 Å². The van der Waals surface area contributed by atoms with E-state index in [4.69, 9.17) is 12.2 Å². The Bertz CT molecular complexity index is 657. The Hall–Kier alpha value is -1.94. The number of anilines is 1. The summed E-state index contributed by atoms with van der Waals surface area (Å²) in [6, 6.07) is 15.0. The molecule has 1 unspecified atom stereocenters. The van der Waals surface area contributed by atoms with E-state index in [1.54, 1.807) is 12.1 Å². The van der Waals surface area contributed by atoms with Crippen LogP contribution in [0.25, 0.3) is 0 Å². The quantitative estimate of drug-likeness (QED) is 0.813. The molecule has 0 saturated carbocycles. The summed E-state index contributed by atoms with van der Waals surface area (Å²) >= 11 is 5.34. The molecule has 1 atom stereocenters. The number of benzene rings is 2. The minimum absolute atomic E-state index is 0.225. The van der Waals surface area contributed by atoms with Gasteiger partial charge in [0.1, 0.15) is 5.82 Å². The largest absolute Gasteiger partial charge is 0.356 e. The molecule has 0 aromatic heterocycles. The predicted molar refractivity (Wildman–Crippen MR) is 87.9 cm³/mol. The molecular weight excluding hydrogens is 283 g/mol. The first-order chi connectivity index (χ1) is 10.2. The Labute approximate surface area is 129 Å². The highest BCUT2D eigenvalue weighted by Gasteiger charge is 2.20. The molecule has 4 heteroatoms. The van der Waals surface area contributed by atoms with Crippen molar-refractivity contribution in [1.82, 2.24) is 5.32 Å². The van der Waals surface area contributed by atoms with E-state index in [9.17, 15) is 4.39 Å². The summed E-state index contributed by atoms with van der Waals surface area (Å²) in [4.78, 5) is 0. The van der Waals surface area contributed by atoms with Crippen molar-refractivity contribution in [3.63, 3.8) is 0 Å². The fourth-order valence-electron chi connectivity index (χ4n) is 2.80. The maximum atomic E-state index is 13.2. The SMILES string of the molecule is Fc1cccc(NC(=S)NC2CCCc3ccccc32)c1. The standard InChI is InChI=1S/C17H17FN2S/c18-13-7-4-8-14(11-13)19-17(21)20-16-10-3-6-12-5-1-2-9-15(12)16/h1-2,4-5,7-9,11,16H,3,6,10H2,(H2,19,20,21). The molecule has 0 heterocycles. The maximum Gasteiger partial charge on any atom is 0.171 e. The van der Waals surface area contributed by atoms with Crippen LogP contribution in [0.4, 0.5) is 10.1 Å². The van der Waals surface area contributed by atoms with Crippen LogP contribution in [-0.2, 0) is 6.42 Å². The van der Waals surface area contributed by atoms with Gasteiger partial charge in [-0.3, -0.25) is 0 Å². The van der Waals surface area contributed by atoms with E-state index < -0.39 is 0 Å². The lowest BCUT2D eigenvalue weighted by Crippen LogP contribution is -2.34. The minimum Gasteiger partial charge on any atom is -0.356 e. The molecule has 0 aliphatic heterocycles. The second-order valence-electron chi connectivity index (χ2n) is 5.25. The highest BCUT2D eigenvalue weighted by atomic mass is 32.1. The molecule has 2 N–H and O–H groups in total. The predicted octanol–water partition coefficient (Wildman–Crippen LogP) is 4.19. The van der Waals surface area contributed by atoms with Gasteiger partial charge in [-0.25, -0.2) is 4.39 Å². The fourth-order valence-corrected chi connectivity index (χ4v) is 3.06. The van der Waals surface area contributed by atoms with Crippen molar-refractivity contribution >= 4 is 23.0 Å². The Morgan fingerprint density at radius 2 is 2.00 bits per heavy atom. The first kappa shape index (κ1) is 14.0. The number of hydrogen-bond donors (Lipinski definition) is 2. The van der Waals surface area contributed by atoms with Gasteiger partial charge in [-0.05, 0) is 60.8 Å². The number of rotatable bonds is 2. The lowest BCUT2D eigenvalue weighted by atomic mass is 9.88. The third kappa shape index (κ3) is 3.39. The topological polar surface area (TPSA) is 24.1 Å². The van der Waals surface area contributed by atoms with Crippen molar-refractivity contribution in [3.8, 4) is 0 Å². The van der Waals surface area contributed by atoms with Gasteiger partial charge < -0.3 is 10.6 Å². The number of halogens is 1. The molecule has 108 valence electrons. The van der Waals surface area contributed by atoms with Gasteiger partial charge in [0.15, 0.2) is 5.11 Å². The molecule has 1 aliphatic carbocycles. The van der Waals surface area contributed by atoms with Gasteiger partial charge in [0.25, 0.3) is 0 Å². The Balaban J connectivity index is 1.68. The van der Waals surface area contributed by atoms with Crippen molar-refractivity contribution in [3.05, 3.63) is 65.5 Å². The summed E-state index contributed by atoms with van der Waals surface area (Å²) in [6.45, 7) is 0. The van der Waals surface area contributed by atoms with Gasteiger partial charge in [0.2, 0.25) is 0 Å². The van der Waals surface area contributed by atoms with E-state index in [-0.39, 0.29) is 11.9 Å². The van der Waals surface area contributed by atoms with Crippen molar-refractivity contribution in [1.29, 1.82) is 0 Å². The highest BCUT2D eigenvalue weighted by molar-refractivity contribution is 7.80. The van der Waals surface area contributed by atoms with Crippen molar-refractivity contribution in [2.45, 2.75) is 25.3 Å². The zero-order chi connectivity index (χ0) is 14.7. The van der Waals surface area contributed by atoms with Crippen LogP contribution in [0.3, 0.4) is 0 Å². The molecule has 0 radical (unpaired) electrons. The van der Waals surface area contributed by atoms with Crippen LogP contribution in [-0.4, -0.2) is 5.11 Å². The number of hydrogen-bond acceptors (Lipinski definition) is 1. The van der Waals surface area contributed by atoms with Gasteiger partial charge in [-0.1, -0.05) is 30.3 Å². The Morgan fingerprint density at radius 1 is 1.14 bits per heavy atom. The summed E-state index contributed by atoms with van der Waals surface area (Å²) < 4.78 is 13.2. The van der Waals surface area contributed by atoms with E-state index in [1.807, 2.05) is 0 Å². The number of aryl methyl sites for hydroxylation is 1. The molecule has 21 heavy (non-hydrogen) atoms. The third-order valence-corrected chi connectivity index (χ3v) is 3.98. The Kier molecular flexibility index (Phi) is 4.15. The maximum absolute atomic E-state index is 13.2. The fraction of sp³-hybridized carbons (Fsp3) is 0.235. The monoisotopic (exact) mass is 300 g/mol. The average molecular weight is 300 g/mol. The summed E-state index contributed by atoms with van der Waals surface area (Å²) in [5.41, 5.74) is 3.36. The van der Waals surface area contributed by atoms with Crippen LogP contribution in [0.2, 0.25) is 0 Å². The van der Waals surface area contributed by atoms with Gasteiger partial charge in [-0.15, -0.1) is 0 Å². The number of thiocarbonyl (C=S) groups is 1. The lowest BCUT2D eigenvalue weighted by Gasteiger charge is -2.27. The molecule has 0 bridgehead atoms. The molecule has 1 aliphatic rings. The summed E-state index contributed by atoms with van der Waals surface area (Å²) in [5, 5.41) is 6.91. The zero-order valence-corrected chi connectivity index (χ0v) is 12.4. The first-order valence-corrected chi connectivity index (χ1v) is 7.54. The minimum atomic E-state index is -0.272. The molecule has 3 rings (SSSR count). The van der Waals surface area contributed by atoms with Gasteiger partial charge in [-0.2, -0.15) is 0 Å². The molecule has 2 aromatic rings. The van der Waals surface area contributed by atoms with E-state index in [0.717, 1.165) is 19.3 Å². The van der Waals surface area contributed by atoms with Crippen molar-refractivity contribution in [2.75, 3.05) is 5.32 Å². The molecule has 0 saturated heterocycles. The number of nitrogens with one attached hydrogen (secondary N) is 2. The zero-order valence-electron chi connectivity index (χ0n) is 11.6. The van der Waals surface area contributed by atoms with E-state index in [0.29, 0.717) is 10.8 Å². The molecular formula is C17H17FN2S. The van der Waals surface area contributed by atoms with Gasteiger partial charge in [0.05, 0.1) is 6.04 Å². The molecule has 0 spiro atoms. The lowest BCUT2D eigenvalue weighted by molar-refractivity contribution is 0.529. The van der Waals surface area contributed by atoms with Crippen molar-refractivity contribution in [2.24, 2.45) is 0 Å². The van der Waals surface area contributed by atoms with Gasteiger partial charge in [0, 0.05) is 5.69 Å². The van der Waals surface area contributed by atoms with E-state index in [2.05, 4.69) is 34.9 Å². The van der Waals surface area contributed by atoms with Crippen LogP contribution < -0.4 is 10.6 Å². The second kappa shape index (κ2) is 6.22. The smallest absolute Gasteiger partial charge is 0.171 e. The third-order valence-electron chi connectivity index (χ3n) is 3.76. The van der Waals surface area contributed by atoms with Crippen LogP contribution in [0.15, 0.2) is 48.5 Å². The van der Waals surface area contributed by atoms with Crippen LogP contribution in [0.5, 0.6) is 0 Å². The number of fused-ring (bicyclic) bond motifs is 1. The van der Waals surface area contributed by atoms with Crippen molar-refractivity contribution < 1.29 is 4.39 Å². The Morgan fingerprint density at radius 3 is 2.86 bits per heavy atom. The summed E-state index contributed by atoms with van der Waals surface area (Å²) in [7, 11) is 0. The second-order valence-corrected chi connectivity index (χ2v) is 5.66. The summed E-state index contributed by atoms with van der Waals surface area (Å²) in [5.74, 6) is -0.272. The highest BCUT2D eigenvalue weighted by Crippen LogP contribution is 2.29. The van der Waals surface area contributed by atoms with E-state index in [1.165, 1.54) is 23.3 Å². The average Bonchev–Trinajstić information content (AvgIpc) is 2.47. The first-order valence-electron chi connectivity index (χ1n) is 7.13. The summed E-state index contributed by atoms with van der Waals surface area (Å²) in [6.07, 6.45) is 3.33. The molecule has 2 nitrogen and oxygen atoms in total. The normalized spacial score (nSPS) is 16.9. The molecule has 2 aromatic carbocycles. The molecule has 0 fully saturated rings.